The standard InChI is InChI=1S/C17H19FN2O4/c18-12-5-3-11(4-6-12)8-17(7-1-2-14(17)21)10-19-16-20-13(9-24-16)15(22)23/h3-6,9,14,21H,1-2,7-8,10H2,(H,19,20)(H,22,23). The van der Waals surface area contributed by atoms with Crippen molar-refractivity contribution in [3.8, 4) is 0 Å². The van der Waals surface area contributed by atoms with Crippen LogP contribution in [0.15, 0.2) is 34.9 Å². The first kappa shape index (κ1) is 16.4. The average Bonchev–Trinajstić information content (AvgIpc) is 3.16. The summed E-state index contributed by atoms with van der Waals surface area (Å²) in [6.45, 7) is 0.394. The zero-order valence-electron chi connectivity index (χ0n) is 13.0. The minimum Gasteiger partial charge on any atom is -0.476 e. The molecule has 1 fully saturated rings. The molecular weight excluding hydrogens is 315 g/mol. The van der Waals surface area contributed by atoms with Crippen LogP contribution < -0.4 is 5.32 Å². The van der Waals surface area contributed by atoms with E-state index in [1.807, 2.05) is 0 Å². The van der Waals surface area contributed by atoms with Gasteiger partial charge in [0.1, 0.15) is 12.1 Å². The fraction of sp³-hybridized carbons (Fsp3) is 0.412. The Balaban J connectivity index is 1.73. The molecule has 2 atom stereocenters. The van der Waals surface area contributed by atoms with E-state index in [0.29, 0.717) is 19.4 Å². The van der Waals surface area contributed by atoms with E-state index in [-0.39, 0.29) is 17.5 Å². The van der Waals surface area contributed by atoms with E-state index in [1.165, 1.54) is 12.1 Å². The number of hydrogen-bond donors (Lipinski definition) is 3. The molecule has 0 radical (unpaired) electrons. The van der Waals surface area contributed by atoms with Gasteiger partial charge in [0.05, 0.1) is 6.10 Å². The molecule has 0 spiro atoms. The number of carbonyl (C=O) groups is 1. The van der Waals surface area contributed by atoms with Gasteiger partial charge in [0.25, 0.3) is 6.01 Å². The number of rotatable bonds is 6. The molecule has 3 N–H and O–H groups in total. The van der Waals surface area contributed by atoms with Crippen molar-refractivity contribution in [2.45, 2.75) is 31.8 Å². The maximum absolute atomic E-state index is 13.1. The second-order valence-corrected chi connectivity index (χ2v) is 6.27. The Bertz CT molecular complexity index is 716. The van der Waals surface area contributed by atoms with E-state index in [0.717, 1.165) is 24.7 Å². The number of aromatic carboxylic acids is 1. The number of aliphatic hydroxyl groups excluding tert-OH is 1. The van der Waals surface area contributed by atoms with Crippen molar-refractivity contribution in [2.24, 2.45) is 5.41 Å². The summed E-state index contributed by atoms with van der Waals surface area (Å²) in [5.74, 6) is -1.45. The Morgan fingerprint density at radius 3 is 2.75 bits per heavy atom. The van der Waals surface area contributed by atoms with Crippen molar-refractivity contribution in [1.82, 2.24) is 4.98 Å². The van der Waals surface area contributed by atoms with Crippen LogP contribution >= 0.6 is 0 Å². The lowest BCUT2D eigenvalue weighted by atomic mass is 9.78. The van der Waals surface area contributed by atoms with E-state index in [9.17, 15) is 14.3 Å². The van der Waals surface area contributed by atoms with Gasteiger partial charge in [0.2, 0.25) is 0 Å². The molecule has 1 heterocycles. The van der Waals surface area contributed by atoms with Gasteiger partial charge in [-0.2, -0.15) is 4.98 Å². The van der Waals surface area contributed by atoms with Crippen LogP contribution in [0.1, 0.15) is 35.3 Å². The van der Waals surface area contributed by atoms with Crippen LogP contribution in [0.2, 0.25) is 0 Å². The molecule has 0 aliphatic heterocycles. The molecule has 24 heavy (non-hydrogen) atoms. The molecule has 0 bridgehead atoms. The van der Waals surface area contributed by atoms with Crippen molar-refractivity contribution in [2.75, 3.05) is 11.9 Å². The van der Waals surface area contributed by atoms with Gasteiger partial charge in [0, 0.05) is 12.0 Å². The van der Waals surface area contributed by atoms with E-state index in [4.69, 9.17) is 9.52 Å². The topological polar surface area (TPSA) is 95.6 Å². The van der Waals surface area contributed by atoms with Crippen molar-refractivity contribution < 1.29 is 23.8 Å². The van der Waals surface area contributed by atoms with Gasteiger partial charge >= 0.3 is 5.97 Å². The lowest BCUT2D eigenvalue weighted by molar-refractivity contribution is 0.0615. The summed E-state index contributed by atoms with van der Waals surface area (Å²) in [4.78, 5) is 14.7. The van der Waals surface area contributed by atoms with Crippen molar-refractivity contribution in [3.63, 3.8) is 0 Å². The molecule has 2 unspecified atom stereocenters. The number of carboxylic acid groups (broad SMARTS) is 1. The van der Waals surface area contributed by atoms with Gasteiger partial charge in [0.15, 0.2) is 5.69 Å². The predicted octanol–water partition coefficient (Wildman–Crippen LogP) is 2.70. The summed E-state index contributed by atoms with van der Waals surface area (Å²) in [6.07, 6.45) is 3.58. The minimum absolute atomic E-state index is 0.116. The molecule has 2 aromatic rings. The fourth-order valence-corrected chi connectivity index (χ4v) is 3.31. The van der Waals surface area contributed by atoms with E-state index < -0.39 is 17.5 Å². The first-order chi connectivity index (χ1) is 11.5. The molecule has 7 heteroatoms. The summed E-state index contributed by atoms with van der Waals surface area (Å²) < 4.78 is 18.2. The van der Waals surface area contributed by atoms with Crippen LogP contribution in [0.4, 0.5) is 10.4 Å². The fourth-order valence-electron chi connectivity index (χ4n) is 3.31. The number of aromatic nitrogens is 1. The number of halogens is 1. The smallest absolute Gasteiger partial charge is 0.357 e. The monoisotopic (exact) mass is 334 g/mol. The predicted molar refractivity (Wildman–Crippen MR) is 84.3 cm³/mol. The highest BCUT2D eigenvalue weighted by Crippen LogP contribution is 2.41. The zero-order chi connectivity index (χ0) is 17.2. The van der Waals surface area contributed by atoms with Crippen LogP contribution in [0, 0.1) is 11.2 Å². The highest BCUT2D eigenvalue weighted by Gasteiger charge is 2.42. The summed E-state index contributed by atoms with van der Waals surface area (Å²) >= 11 is 0. The molecule has 0 amide bonds. The summed E-state index contributed by atoms with van der Waals surface area (Å²) in [7, 11) is 0. The minimum atomic E-state index is -1.16. The van der Waals surface area contributed by atoms with Gasteiger partial charge in [-0.25, -0.2) is 9.18 Å². The number of carboxylic acids is 1. The maximum Gasteiger partial charge on any atom is 0.357 e. The highest BCUT2D eigenvalue weighted by atomic mass is 19.1. The van der Waals surface area contributed by atoms with Crippen molar-refractivity contribution >= 4 is 12.0 Å². The Morgan fingerprint density at radius 2 is 2.17 bits per heavy atom. The number of hydrogen-bond acceptors (Lipinski definition) is 5. The normalized spacial score (nSPS) is 23.3. The SMILES string of the molecule is O=C(O)c1coc(NCC2(Cc3ccc(F)cc3)CCCC2O)n1. The molecule has 1 aliphatic carbocycles. The third-order valence-electron chi connectivity index (χ3n) is 4.64. The van der Waals surface area contributed by atoms with Crippen LogP contribution in [-0.2, 0) is 6.42 Å². The van der Waals surface area contributed by atoms with E-state index in [2.05, 4.69) is 10.3 Å². The second kappa shape index (κ2) is 6.60. The van der Waals surface area contributed by atoms with E-state index in [1.54, 1.807) is 12.1 Å². The number of anilines is 1. The van der Waals surface area contributed by atoms with Gasteiger partial charge < -0.3 is 19.9 Å². The number of nitrogens with zero attached hydrogens (tertiary/aromatic N) is 1. The van der Waals surface area contributed by atoms with Gasteiger partial charge in [-0.3, -0.25) is 0 Å². The van der Waals surface area contributed by atoms with Crippen LogP contribution in [0.3, 0.4) is 0 Å². The van der Waals surface area contributed by atoms with Crippen molar-refractivity contribution in [3.05, 3.63) is 47.6 Å². The summed E-state index contributed by atoms with van der Waals surface area (Å²) in [6, 6.07) is 6.37. The lowest BCUT2D eigenvalue weighted by Gasteiger charge is -2.33. The second-order valence-electron chi connectivity index (χ2n) is 6.27. The number of benzene rings is 1. The summed E-state index contributed by atoms with van der Waals surface area (Å²) in [5, 5.41) is 22.3. The van der Waals surface area contributed by atoms with Gasteiger partial charge in [-0.1, -0.05) is 18.6 Å². The van der Waals surface area contributed by atoms with Crippen LogP contribution in [0.5, 0.6) is 0 Å². The molecule has 6 nitrogen and oxygen atoms in total. The Labute approximate surface area is 138 Å². The average molecular weight is 334 g/mol. The quantitative estimate of drug-likeness (QED) is 0.752. The number of aliphatic hydroxyl groups is 1. The maximum atomic E-state index is 13.1. The molecule has 3 rings (SSSR count). The van der Waals surface area contributed by atoms with E-state index >= 15 is 0 Å². The molecule has 1 aliphatic rings. The molecule has 1 saturated carbocycles. The lowest BCUT2D eigenvalue weighted by Crippen LogP contribution is -2.39. The largest absolute Gasteiger partial charge is 0.476 e. The molecule has 0 saturated heterocycles. The van der Waals surface area contributed by atoms with Gasteiger partial charge in [-0.05, 0) is 37.0 Å². The van der Waals surface area contributed by atoms with Crippen LogP contribution in [0.25, 0.3) is 0 Å². The summed E-state index contributed by atoms with van der Waals surface area (Å²) in [5.41, 5.74) is 0.352. The Morgan fingerprint density at radius 1 is 1.42 bits per heavy atom. The Kier molecular flexibility index (Phi) is 4.53. The Hall–Kier alpha value is -2.41. The van der Waals surface area contributed by atoms with Gasteiger partial charge in [-0.15, -0.1) is 0 Å². The first-order valence-electron chi connectivity index (χ1n) is 7.84. The van der Waals surface area contributed by atoms with Crippen molar-refractivity contribution in [1.29, 1.82) is 0 Å². The first-order valence-corrected chi connectivity index (χ1v) is 7.84. The number of nitrogens with one attached hydrogen (secondary N) is 1. The van der Waals surface area contributed by atoms with Crippen LogP contribution in [-0.4, -0.2) is 33.8 Å². The zero-order valence-corrected chi connectivity index (χ0v) is 13.0. The molecule has 1 aromatic heterocycles. The molecule has 128 valence electrons. The number of oxazole rings is 1. The third-order valence-corrected chi connectivity index (χ3v) is 4.64. The molecule has 1 aromatic carbocycles. The molecular formula is C17H19FN2O4. The highest BCUT2D eigenvalue weighted by molar-refractivity contribution is 5.85. The third kappa shape index (κ3) is 3.41.